The van der Waals surface area contributed by atoms with Crippen molar-refractivity contribution < 1.29 is 23.5 Å². The van der Waals surface area contributed by atoms with Gasteiger partial charge in [0, 0.05) is 12.5 Å². The second-order valence-corrected chi connectivity index (χ2v) is 7.32. The average Bonchev–Trinajstić information content (AvgIpc) is 3.18. The van der Waals surface area contributed by atoms with Crippen LogP contribution in [0.4, 0.5) is 0 Å². The maximum absolute atomic E-state index is 11.7. The maximum atomic E-state index is 11.7. The predicted octanol–water partition coefficient (Wildman–Crippen LogP) is 6.50. The Morgan fingerprint density at radius 3 is 1.96 bits per heavy atom. The van der Waals surface area contributed by atoms with Crippen LogP contribution in [0.2, 0.25) is 0 Å². The van der Waals surface area contributed by atoms with E-state index in [9.17, 15) is 9.59 Å². The lowest BCUT2D eigenvalue weighted by Crippen LogP contribution is -2.12. The summed E-state index contributed by atoms with van der Waals surface area (Å²) in [6.07, 6.45) is 15.9. The van der Waals surface area contributed by atoms with Crippen molar-refractivity contribution in [3.63, 3.8) is 0 Å². The first-order valence-electron chi connectivity index (χ1n) is 11.1. The molecule has 0 radical (unpaired) electrons. The molecule has 0 fully saturated rings. The van der Waals surface area contributed by atoms with Gasteiger partial charge in [-0.05, 0) is 12.5 Å². The minimum Gasteiger partial charge on any atom is -0.465 e. The van der Waals surface area contributed by atoms with Crippen LogP contribution in [0, 0.1) is 0 Å². The van der Waals surface area contributed by atoms with Crippen LogP contribution in [0.5, 0.6) is 5.95 Å². The summed E-state index contributed by atoms with van der Waals surface area (Å²) < 4.78 is 15.7. The molecule has 0 atom stereocenters. The van der Waals surface area contributed by atoms with Crippen molar-refractivity contribution in [3.05, 3.63) is 17.9 Å². The van der Waals surface area contributed by atoms with Gasteiger partial charge >= 0.3 is 5.97 Å². The molecule has 0 aromatic carbocycles. The largest absolute Gasteiger partial charge is 0.465 e. The SMILES string of the molecule is CCCCCCCCCCCCCCOc1ccc(C(=O)OCC(=O)CC)o1. The van der Waals surface area contributed by atoms with Gasteiger partial charge in [0.05, 0.1) is 6.61 Å². The van der Waals surface area contributed by atoms with Crippen LogP contribution in [0.15, 0.2) is 16.5 Å². The van der Waals surface area contributed by atoms with E-state index >= 15 is 0 Å². The van der Waals surface area contributed by atoms with Crippen LogP contribution < -0.4 is 4.74 Å². The van der Waals surface area contributed by atoms with Gasteiger partial charge in [-0.25, -0.2) is 4.79 Å². The zero-order valence-corrected chi connectivity index (χ0v) is 17.8. The molecule has 0 bridgehead atoms. The number of carbonyl (C=O) groups is 2. The van der Waals surface area contributed by atoms with Crippen LogP contribution in [-0.4, -0.2) is 25.0 Å². The van der Waals surface area contributed by atoms with Gasteiger partial charge in [0.15, 0.2) is 5.78 Å². The van der Waals surface area contributed by atoms with Crippen molar-refractivity contribution in [1.29, 1.82) is 0 Å². The van der Waals surface area contributed by atoms with E-state index in [2.05, 4.69) is 6.92 Å². The molecule has 5 heteroatoms. The molecule has 1 aromatic rings. The van der Waals surface area contributed by atoms with Crippen molar-refractivity contribution >= 4 is 11.8 Å². The Bertz CT molecular complexity index is 535. The molecule has 0 aliphatic heterocycles. The molecule has 1 heterocycles. The summed E-state index contributed by atoms with van der Waals surface area (Å²) in [4.78, 5) is 22.9. The van der Waals surface area contributed by atoms with E-state index in [4.69, 9.17) is 13.9 Å². The molecule has 0 aliphatic carbocycles. The first-order chi connectivity index (χ1) is 13.7. The lowest BCUT2D eigenvalue weighted by Gasteiger charge is -2.04. The van der Waals surface area contributed by atoms with Gasteiger partial charge in [0.1, 0.15) is 6.61 Å². The fourth-order valence-corrected chi connectivity index (χ4v) is 2.94. The number of rotatable bonds is 18. The Hall–Kier alpha value is -1.78. The smallest absolute Gasteiger partial charge is 0.374 e. The van der Waals surface area contributed by atoms with Crippen LogP contribution in [0.25, 0.3) is 0 Å². The van der Waals surface area contributed by atoms with Gasteiger partial charge in [0.25, 0.3) is 5.95 Å². The van der Waals surface area contributed by atoms with Gasteiger partial charge in [-0.2, -0.15) is 0 Å². The molecule has 1 rings (SSSR count). The lowest BCUT2D eigenvalue weighted by molar-refractivity contribution is -0.121. The van der Waals surface area contributed by atoms with Crippen LogP contribution in [0.1, 0.15) is 108 Å². The van der Waals surface area contributed by atoms with E-state index in [1.807, 2.05) is 0 Å². The van der Waals surface area contributed by atoms with Crippen molar-refractivity contribution in [2.45, 2.75) is 97.3 Å². The molecule has 160 valence electrons. The van der Waals surface area contributed by atoms with Gasteiger partial charge < -0.3 is 13.9 Å². The van der Waals surface area contributed by atoms with Crippen molar-refractivity contribution in [2.24, 2.45) is 0 Å². The highest BCUT2D eigenvalue weighted by molar-refractivity contribution is 5.89. The Kier molecular flexibility index (Phi) is 14.0. The summed E-state index contributed by atoms with van der Waals surface area (Å²) in [6, 6.07) is 3.12. The Morgan fingerprint density at radius 1 is 0.821 bits per heavy atom. The number of furan rings is 1. The Balaban J connectivity index is 1.97. The number of Topliss-reactive ketones (excluding diaryl/α,β-unsaturated/α-hetero) is 1. The molecular formula is C23H38O5. The molecular weight excluding hydrogens is 356 g/mol. The number of ketones is 1. The molecule has 0 N–H and O–H groups in total. The zero-order valence-electron chi connectivity index (χ0n) is 17.8. The first-order valence-corrected chi connectivity index (χ1v) is 11.1. The van der Waals surface area contributed by atoms with Crippen molar-refractivity contribution in [2.75, 3.05) is 13.2 Å². The van der Waals surface area contributed by atoms with Crippen LogP contribution >= 0.6 is 0 Å². The number of hydrogen-bond donors (Lipinski definition) is 0. The fourth-order valence-electron chi connectivity index (χ4n) is 2.94. The third-order valence-corrected chi connectivity index (χ3v) is 4.78. The zero-order chi connectivity index (χ0) is 20.5. The molecule has 28 heavy (non-hydrogen) atoms. The molecule has 0 amide bonds. The third-order valence-electron chi connectivity index (χ3n) is 4.78. The summed E-state index contributed by atoms with van der Waals surface area (Å²) in [5.74, 6) is -0.379. The average molecular weight is 395 g/mol. The molecule has 0 saturated carbocycles. The summed E-state index contributed by atoms with van der Waals surface area (Å²) in [5.41, 5.74) is 0. The lowest BCUT2D eigenvalue weighted by atomic mass is 10.1. The van der Waals surface area contributed by atoms with Gasteiger partial charge in [-0.15, -0.1) is 0 Å². The van der Waals surface area contributed by atoms with Gasteiger partial charge in [-0.3, -0.25) is 4.79 Å². The monoisotopic (exact) mass is 394 g/mol. The molecule has 5 nitrogen and oxygen atoms in total. The second kappa shape index (κ2) is 16.2. The van der Waals surface area contributed by atoms with E-state index in [-0.39, 0.29) is 18.2 Å². The molecule has 0 spiro atoms. The third kappa shape index (κ3) is 11.8. The van der Waals surface area contributed by atoms with Crippen molar-refractivity contribution in [1.82, 2.24) is 0 Å². The van der Waals surface area contributed by atoms with E-state index in [1.165, 1.54) is 70.3 Å². The van der Waals surface area contributed by atoms with Gasteiger partial charge in [-0.1, -0.05) is 84.5 Å². The Labute approximate surface area is 170 Å². The maximum Gasteiger partial charge on any atom is 0.374 e. The highest BCUT2D eigenvalue weighted by atomic mass is 16.6. The highest BCUT2D eigenvalue weighted by Crippen LogP contribution is 2.18. The van der Waals surface area contributed by atoms with E-state index in [1.54, 1.807) is 13.0 Å². The topological polar surface area (TPSA) is 65.7 Å². The summed E-state index contributed by atoms with van der Waals surface area (Å²) in [6.45, 7) is 4.34. The van der Waals surface area contributed by atoms with E-state index in [0.29, 0.717) is 19.0 Å². The normalized spacial score (nSPS) is 10.8. The summed E-state index contributed by atoms with van der Waals surface area (Å²) in [5, 5.41) is 0. The number of hydrogen-bond acceptors (Lipinski definition) is 5. The van der Waals surface area contributed by atoms with E-state index in [0.717, 1.165) is 12.8 Å². The quantitative estimate of drug-likeness (QED) is 0.210. The number of unbranched alkanes of at least 4 members (excludes halogenated alkanes) is 11. The highest BCUT2D eigenvalue weighted by Gasteiger charge is 2.14. The van der Waals surface area contributed by atoms with E-state index < -0.39 is 5.97 Å². The first kappa shape index (κ1) is 24.3. The van der Waals surface area contributed by atoms with Crippen LogP contribution in [0.3, 0.4) is 0 Å². The molecule has 0 aliphatic rings. The van der Waals surface area contributed by atoms with Gasteiger partial charge in [0.2, 0.25) is 5.76 Å². The summed E-state index contributed by atoms with van der Waals surface area (Å²) >= 11 is 0. The fraction of sp³-hybridized carbons (Fsp3) is 0.739. The van der Waals surface area contributed by atoms with Crippen molar-refractivity contribution in [3.8, 4) is 5.95 Å². The second-order valence-electron chi connectivity index (χ2n) is 7.32. The molecule has 0 unspecified atom stereocenters. The minimum absolute atomic E-state index is 0.0635. The Morgan fingerprint density at radius 2 is 1.39 bits per heavy atom. The molecule has 1 aromatic heterocycles. The number of carbonyl (C=O) groups excluding carboxylic acids is 2. The molecule has 0 saturated heterocycles. The minimum atomic E-state index is -0.637. The standard InChI is InChI=1S/C23H38O5/c1-3-5-6-7-8-9-10-11-12-13-14-15-18-26-22-17-16-21(28-22)23(25)27-19-20(24)4-2/h16-17H,3-15,18-19H2,1-2H3. The predicted molar refractivity (Wildman–Crippen MR) is 111 cm³/mol. The number of ether oxygens (including phenoxy) is 2. The summed E-state index contributed by atoms with van der Waals surface area (Å²) in [7, 11) is 0. The number of esters is 1. The van der Waals surface area contributed by atoms with Crippen LogP contribution in [-0.2, 0) is 9.53 Å².